The van der Waals surface area contributed by atoms with Crippen LogP contribution in [0.15, 0.2) is 12.3 Å². The lowest BCUT2D eigenvalue weighted by atomic mass is 10.4. The molecule has 1 heterocycles. The van der Waals surface area contributed by atoms with Crippen molar-refractivity contribution in [2.24, 2.45) is 0 Å². The van der Waals surface area contributed by atoms with Gasteiger partial charge in [0.2, 0.25) is 0 Å². The molecule has 0 aliphatic heterocycles. The van der Waals surface area contributed by atoms with Crippen molar-refractivity contribution in [3.8, 4) is 0 Å². The van der Waals surface area contributed by atoms with Crippen molar-refractivity contribution in [3.63, 3.8) is 0 Å². The van der Waals surface area contributed by atoms with Crippen LogP contribution < -0.4 is 5.32 Å². The summed E-state index contributed by atoms with van der Waals surface area (Å²) >= 11 is 0. The largest absolute Gasteiger partial charge is 0.370 e. The summed E-state index contributed by atoms with van der Waals surface area (Å²) in [6.45, 7) is 0.982. The van der Waals surface area contributed by atoms with Gasteiger partial charge < -0.3 is 10.1 Å². The number of aromatic nitrogens is 2. The number of hydrogen-bond acceptors (Lipinski definition) is 4. The van der Waals surface area contributed by atoms with Crippen LogP contribution in [0.1, 0.15) is 19.2 Å². The number of alkyl halides is 4. The van der Waals surface area contributed by atoms with Gasteiger partial charge in [0.05, 0.1) is 0 Å². The normalized spacial score (nSPS) is 11.9. The van der Waals surface area contributed by atoms with E-state index >= 15 is 0 Å². The average Bonchev–Trinajstić information content (AvgIpc) is 2.36. The number of nitrogens with one attached hydrogen (secondary N) is 1. The van der Waals surface area contributed by atoms with E-state index < -0.39 is 19.0 Å². The van der Waals surface area contributed by atoms with E-state index in [1.165, 1.54) is 6.20 Å². The molecule has 0 bridgehead atoms. The highest BCUT2D eigenvalue weighted by molar-refractivity contribution is 5.32. The van der Waals surface area contributed by atoms with Gasteiger partial charge in [0, 0.05) is 12.7 Å². The molecule has 0 atom stereocenters. The Morgan fingerprint density at radius 3 is 2.79 bits per heavy atom. The number of hydrogen-bond donors (Lipinski definition) is 1. The SMILES string of the molecule is CCCNc1ccnc(COCC(F)(F)C(F)F)n1. The van der Waals surface area contributed by atoms with E-state index in [1.54, 1.807) is 6.07 Å². The molecule has 8 heteroatoms. The van der Waals surface area contributed by atoms with E-state index in [-0.39, 0.29) is 12.4 Å². The predicted molar refractivity (Wildman–Crippen MR) is 61.4 cm³/mol. The molecule has 0 spiro atoms. The summed E-state index contributed by atoms with van der Waals surface area (Å²) in [5.74, 6) is -3.46. The van der Waals surface area contributed by atoms with Crippen molar-refractivity contribution < 1.29 is 22.3 Å². The summed E-state index contributed by atoms with van der Waals surface area (Å²) < 4.78 is 53.4. The first-order chi connectivity index (χ1) is 8.95. The quantitative estimate of drug-likeness (QED) is 0.744. The topological polar surface area (TPSA) is 47.0 Å². The third-order valence-electron chi connectivity index (χ3n) is 2.11. The Hall–Kier alpha value is -1.44. The van der Waals surface area contributed by atoms with Crippen LogP contribution in [0, 0.1) is 0 Å². The Morgan fingerprint density at radius 1 is 1.42 bits per heavy atom. The second-order valence-electron chi connectivity index (χ2n) is 3.84. The van der Waals surface area contributed by atoms with Gasteiger partial charge in [-0.25, -0.2) is 18.7 Å². The first-order valence-electron chi connectivity index (χ1n) is 5.75. The van der Waals surface area contributed by atoms with Crippen molar-refractivity contribution in [1.29, 1.82) is 0 Å². The standard InChI is InChI=1S/C11H15F4N3O/c1-2-4-16-8-3-5-17-9(18-8)6-19-7-11(14,15)10(12)13/h3,5,10H,2,4,6-7H2,1H3,(H,16,17,18). The monoisotopic (exact) mass is 281 g/mol. The second kappa shape index (κ2) is 7.22. The highest BCUT2D eigenvalue weighted by atomic mass is 19.3. The minimum Gasteiger partial charge on any atom is -0.370 e. The summed E-state index contributed by atoms with van der Waals surface area (Å²) in [7, 11) is 0. The number of ether oxygens (including phenoxy) is 1. The van der Waals surface area contributed by atoms with Gasteiger partial charge in [-0.15, -0.1) is 0 Å². The second-order valence-corrected chi connectivity index (χ2v) is 3.84. The lowest BCUT2D eigenvalue weighted by Gasteiger charge is -2.14. The first-order valence-corrected chi connectivity index (χ1v) is 5.75. The molecular formula is C11H15F4N3O. The van der Waals surface area contributed by atoms with Crippen LogP contribution in [0.5, 0.6) is 0 Å². The van der Waals surface area contributed by atoms with Crippen LogP contribution in [0.4, 0.5) is 23.4 Å². The van der Waals surface area contributed by atoms with Crippen molar-refractivity contribution >= 4 is 5.82 Å². The van der Waals surface area contributed by atoms with Crippen LogP contribution in [0.25, 0.3) is 0 Å². The van der Waals surface area contributed by atoms with Crippen LogP contribution in [0.2, 0.25) is 0 Å². The third kappa shape index (κ3) is 5.37. The van der Waals surface area contributed by atoms with Crippen LogP contribution >= 0.6 is 0 Å². The highest BCUT2D eigenvalue weighted by Crippen LogP contribution is 2.23. The van der Waals surface area contributed by atoms with E-state index in [0.717, 1.165) is 6.42 Å². The summed E-state index contributed by atoms with van der Waals surface area (Å²) in [5, 5.41) is 2.98. The Balaban J connectivity index is 2.45. The molecule has 4 nitrogen and oxygen atoms in total. The van der Waals surface area contributed by atoms with Crippen molar-refractivity contribution in [1.82, 2.24) is 9.97 Å². The molecule has 0 aliphatic carbocycles. The molecule has 0 fully saturated rings. The zero-order chi connectivity index (χ0) is 14.3. The Labute approximate surface area is 108 Å². The lowest BCUT2D eigenvalue weighted by Crippen LogP contribution is -2.32. The van der Waals surface area contributed by atoms with Crippen LogP contribution in [0.3, 0.4) is 0 Å². The summed E-state index contributed by atoms with van der Waals surface area (Å²) in [4.78, 5) is 7.80. The maximum atomic E-state index is 12.6. The third-order valence-corrected chi connectivity index (χ3v) is 2.11. The Kier molecular flexibility index (Phi) is 5.94. The molecular weight excluding hydrogens is 266 g/mol. The molecule has 1 rings (SSSR count). The molecule has 0 unspecified atom stereocenters. The molecule has 1 aromatic heterocycles. The number of rotatable bonds is 8. The van der Waals surface area contributed by atoms with Gasteiger partial charge in [-0.05, 0) is 12.5 Å². The van der Waals surface area contributed by atoms with E-state index in [2.05, 4.69) is 20.0 Å². The minimum absolute atomic E-state index is 0.158. The van der Waals surface area contributed by atoms with E-state index in [4.69, 9.17) is 0 Å². The van der Waals surface area contributed by atoms with Crippen molar-refractivity contribution in [2.75, 3.05) is 18.5 Å². The fraction of sp³-hybridized carbons (Fsp3) is 0.636. The number of anilines is 1. The summed E-state index contributed by atoms with van der Waals surface area (Å²) in [6, 6.07) is 1.62. The zero-order valence-electron chi connectivity index (χ0n) is 10.4. The predicted octanol–water partition coefficient (Wildman–Crippen LogP) is 2.72. The minimum atomic E-state index is -4.15. The molecule has 0 saturated heterocycles. The molecule has 1 aromatic rings. The van der Waals surface area contributed by atoms with Crippen LogP contribution in [-0.2, 0) is 11.3 Å². The highest BCUT2D eigenvalue weighted by Gasteiger charge is 2.40. The summed E-state index contributed by atoms with van der Waals surface area (Å²) in [5.41, 5.74) is 0. The van der Waals surface area contributed by atoms with E-state index in [9.17, 15) is 17.6 Å². The maximum Gasteiger partial charge on any atom is 0.330 e. The molecule has 0 amide bonds. The van der Waals surface area contributed by atoms with Gasteiger partial charge in [-0.2, -0.15) is 8.78 Å². The first kappa shape index (κ1) is 15.6. The van der Waals surface area contributed by atoms with Crippen LogP contribution in [-0.4, -0.2) is 35.5 Å². The summed E-state index contributed by atoms with van der Waals surface area (Å²) in [6.07, 6.45) is -1.41. The van der Waals surface area contributed by atoms with Gasteiger partial charge in [-0.1, -0.05) is 6.92 Å². The molecule has 1 N–H and O–H groups in total. The molecule has 0 saturated carbocycles. The number of halogens is 4. The molecule has 0 aromatic carbocycles. The number of nitrogens with zero attached hydrogens (tertiary/aromatic N) is 2. The van der Waals surface area contributed by atoms with Gasteiger partial charge in [0.15, 0.2) is 5.82 Å². The average molecular weight is 281 g/mol. The maximum absolute atomic E-state index is 12.6. The molecule has 19 heavy (non-hydrogen) atoms. The van der Waals surface area contributed by atoms with Gasteiger partial charge in [-0.3, -0.25) is 0 Å². The Morgan fingerprint density at radius 2 is 2.16 bits per heavy atom. The van der Waals surface area contributed by atoms with E-state index in [1.807, 2.05) is 6.92 Å². The zero-order valence-corrected chi connectivity index (χ0v) is 10.4. The lowest BCUT2D eigenvalue weighted by molar-refractivity contribution is -0.168. The van der Waals surface area contributed by atoms with Crippen molar-refractivity contribution in [3.05, 3.63) is 18.1 Å². The Bertz CT molecular complexity index is 390. The fourth-order valence-electron chi connectivity index (χ4n) is 1.16. The van der Waals surface area contributed by atoms with E-state index in [0.29, 0.717) is 12.4 Å². The van der Waals surface area contributed by atoms with Gasteiger partial charge in [0.1, 0.15) is 19.0 Å². The molecule has 0 aliphatic rings. The van der Waals surface area contributed by atoms with Crippen molar-refractivity contribution in [2.45, 2.75) is 32.3 Å². The fourth-order valence-corrected chi connectivity index (χ4v) is 1.16. The van der Waals surface area contributed by atoms with Gasteiger partial charge in [0.25, 0.3) is 0 Å². The smallest absolute Gasteiger partial charge is 0.330 e. The molecule has 108 valence electrons. The molecule has 0 radical (unpaired) electrons. The van der Waals surface area contributed by atoms with Gasteiger partial charge >= 0.3 is 12.3 Å².